The van der Waals surface area contributed by atoms with Crippen molar-refractivity contribution in [3.05, 3.63) is 42.6 Å². The minimum atomic E-state index is 0.431. The number of benzene rings is 1. The third kappa shape index (κ3) is 2.23. The quantitative estimate of drug-likeness (QED) is 0.875. The molecule has 0 saturated heterocycles. The zero-order chi connectivity index (χ0) is 11.7. The van der Waals surface area contributed by atoms with Gasteiger partial charge in [-0.3, -0.25) is 4.98 Å². The molecule has 1 fully saturated rings. The lowest BCUT2D eigenvalue weighted by Gasteiger charge is -2.07. The molecular formula is C14H14N2O. The van der Waals surface area contributed by atoms with E-state index in [9.17, 15) is 0 Å². The highest BCUT2D eigenvalue weighted by Gasteiger charge is 2.23. The molecule has 3 rings (SSSR count). The van der Waals surface area contributed by atoms with Crippen LogP contribution in [0.25, 0.3) is 11.3 Å². The second kappa shape index (κ2) is 4.09. The summed E-state index contributed by atoms with van der Waals surface area (Å²) in [5, 5.41) is 0. The third-order valence-electron chi connectivity index (χ3n) is 2.79. The normalized spacial score (nSPS) is 14.6. The van der Waals surface area contributed by atoms with Crippen LogP contribution >= 0.6 is 0 Å². The van der Waals surface area contributed by atoms with Crippen molar-refractivity contribution in [3.63, 3.8) is 0 Å². The maximum atomic E-state index is 5.89. The predicted octanol–water partition coefficient (Wildman–Crippen LogP) is 2.87. The highest BCUT2D eigenvalue weighted by atomic mass is 16.5. The number of nitrogens with zero attached hydrogens (tertiary/aromatic N) is 1. The molecule has 0 bridgehead atoms. The van der Waals surface area contributed by atoms with E-state index in [1.165, 1.54) is 12.8 Å². The number of ether oxygens (including phenoxy) is 1. The van der Waals surface area contributed by atoms with E-state index >= 15 is 0 Å². The van der Waals surface area contributed by atoms with Gasteiger partial charge in [0.1, 0.15) is 5.75 Å². The van der Waals surface area contributed by atoms with Gasteiger partial charge >= 0.3 is 0 Å². The van der Waals surface area contributed by atoms with Crippen LogP contribution in [0.4, 0.5) is 5.69 Å². The van der Waals surface area contributed by atoms with E-state index in [0.717, 1.165) is 17.0 Å². The Morgan fingerprint density at radius 3 is 2.53 bits per heavy atom. The summed E-state index contributed by atoms with van der Waals surface area (Å²) < 4.78 is 5.69. The second-order valence-corrected chi connectivity index (χ2v) is 4.28. The smallest absolute Gasteiger partial charge is 0.119 e. The summed E-state index contributed by atoms with van der Waals surface area (Å²) in [4.78, 5) is 4.29. The Bertz CT molecular complexity index is 518. The number of rotatable bonds is 3. The van der Waals surface area contributed by atoms with Crippen molar-refractivity contribution in [2.75, 3.05) is 5.73 Å². The summed E-state index contributed by atoms with van der Waals surface area (Å²) >= 11 is 0. The lowest BCUT2D eigenvalue weighted by Crippen LogP contribution is -1.96. The molecule has 1 heterocycles. The van der Waals surface area contributed by atoms with Gasteiger partial charge in [0.2, 0.25) is 0 Å². The molecule has 1 aromatic carbocycles. The number of nitrogen functional groups attached to an aromatic ring is 1. The minimum Gasteiger partial charge on any atom is -0.490 e. The third-order valence-corrected chi connectivity index (χ3v) is 2.79. The zero-order valence-corrected chi connectivity index (χ0v) is 9.47. The summed E-state index contributed by atoms with van der Waals surface area (Å²) in [7, 11) is 0. The van der Waals surface area contributed by atoms with E-state index in [-0.39, 0.29) is 0 Å². The molecule has 0 spiro atoms. The zero-order valence-electron chi connectivity index (χ0n) is 9.47. The Kier molecular flexibility index (Phi) is 2.44. The fourth-order valence-electron chi connectivity index (χ4n) is 1.73. The van der Waals surface area contributed by atoms with Gasteiger partial charge in [0, 0.05) is 11.8 Å². The Hall–Kier alpha value is -2.03. The first-order valence-electron chi connectivity index (χ1n) is 5.80. The van der Waals surface area contributed by atoms with Crippen molar-refractivity contribution in [1.82, 2.24) is 4.98 Å². The summed E-state index contributed by atoms with van der Waals surface area (Å²) in [6, 6.07) is 11.6. The fraction of sp³-hybridized carbons (Fsp3) is 0.214. The van der Waals surface area contributed by atoms with Crippen LogP contribution in [0.5, 0.6) is 5.75 Å². The number of pyridine rings is 1. The lowest BCUT2D eigenvalue weighted by molar-refractivity contribution is 0.303. The van der Waals surface area contributed by atoms with E-state index in [4.69, 9.17) is 10.5 Å². The first kappa shape index (κ1) is 10.1. The number of hydrogen-bond acceptors (Lipinski definition) is 3. The summed E-state index contributed by atoms with van der Waals surface area (Å²) in [6.45, 7) is 0. The van der Waals surface area contributed by atoms with Crippen LogP contribution in [0, 0.1) is 0 Å². The van der Waals surface area contributed by atoms with Crippen LogP contribution in [0.15, 0.2) is 42.6 Å². The van der Waals surface area contributed by atoms with Gasteiger partial charge in [-0.15, -0.1) is 0 Å². The standard InChI is InChI=1S/C14H14N2O/c15-13-2-1-9-16-14(13)10-3-5-11(6-4-10)17-12-7-8-12/h1-6,9,12H,7-8,15H2. The van der Waals surface area contributed by atoms with E-state index in [2.05, 4.69) is 4.98 Å². The van der Waals surface area contributed by atoms with Gasteiger partial charge in [-0.05, 0) is 49.2 Å². The van der Waals surface area contributed by atoms with Gasteiger partial charge in [0.15, 0.2) is 0 Å². The Morgan fingerprint density at radius 1 is 1.12 bits per heavy atom. The van der Waals surface area contributed by atoms with E-state index < -0.39 is 0 Å². The molecule has 1 aromatic heterocycles. The van der Waals surface area contributed by atoms with E-state index in [1.54, 1.807) is 6.20 Å². The van der Waals surface area contributed by atoms with Crippen molar-refractivity contribution in [1.29, 1.82) is 0 Å². The number of aromatic nitrogens is 1. The average molecular weight is 226 g/mol. The molecular weight excluding hydrogens is 212 g/mol. The lowest BCUT2D eigenvalue weighted by atomic mass is 10.1. The van der Waals surface area contributed by atoms with Crippen LogP contribution in [0.3, 0.4) is 0 Å². The molecule has 0 aliphatic heterocycles. The highest BCUT2D eigenvalue weighted by molar-refractivity contribution is 5.72. The van der Waals surface area contributed by atoms with Crippen molar-refractivity contribution in [2.45, 2.75) is 18.9 Å². The molecule has 2 N–H and O–H groups in total. The average Bonchev–Trinajstić information content (AvgIpc) is 3.15. The molecule has 1 aliphatic carbocycles. The van der Waals surface area contributed by atoms with E-state index in [0.29, 0.717) is 11.8 Å². The summed E-state index contributed by atoms with van der Waals surface area (Å²) in [6.07, 6.45) is 4.53. The molecule has 3 heteroatoms. The molecule has 1 aliphatic rings. The fourth-order valence-corrected chi connectivity index (χ4v) is 1.73. The molecule has 1 saturated carbocycles. The van der Waals surface area contributed by atoms with Crippen LogP contribution in [-0.4, -0.2) is 11.1 Å². The van der Waals surface area contributed by atoms with Crippen LogP contribution < -0.4 is 10.5 Å². The number of nitrogens with two attached hydrogens (primary N) is 1. The van der Waals surface area contributed by atoms with Crippen molar-refractivity contribution in [3.8, 4) is 17.0 Å². The maximum absolute atomic E-state index is 5.89. The second-order valence-electron chi connectivity index (χ2n) is 4.28. The molecule has 0 amide bonds. The van der Waals surface area contributed by atoms with E-state index in [1.807, 2.05) is 36.4 Å². The monoisotopic (exact) mass is 226 g/mol. The molecule has 86 valence electrons. The van der Waals surface area contributed by atoms with Gasteiger partial charge in [0.05, 0.1) is 17.5 Å². The molecule has 0 radical (unpaired) electrons. The summed E-state index contributed by atoms with van der Waals surface area (Å²) in [5.74, 6) is 0.922. The largest absolute Gasteiger partial charge is 0.490 e. The van der Waals surface area contributed by atoms with Crippen LogP contribution in [-0.2, 0) is 0 Å². The predicted molar refractivity (Wildman–Crippen MR) is 67.7 cm³/mol. The first-order chi connectivity index (χ1) is 8.33. The minimum absolute atomic E-state index is 0.431. The summed E-state index contributed by atoms with van der Waals surface area (Å²) in [5.41, 5.74) is 8.43. The molecule has 2 aromatic rings. The van der Waals surface area contributed by atoms with Crippen LogP contribution in [0.2, 0.25) is 0 Å². The first-order valence-corrected chi connectivity index (χ1v) is 5.80. The number of anilines is 1. The Morgan fingerprint density at radius 2 is 1.88 bits per heavy atom. The SMILES string of the molecule is Nc1cccnc1-c1ccc(OC2CC2)cc1. The molecule has 17 heavy (non-hydrogen) atoms. The van der Waals surface area contributed by atoms with Gasteiger partial charge in [-0.25, -0.2) is 0 Å². The van der Waals surface area contributed by atoms with Crippen LogP contribution in [0.1, 0.15) is 12.8 Å². The van der Waals surface area contributed by atoms with Gasteiger partial charge < -0.3 is 10.5 Å². The molecule has 3 nitrogen and oxygen atoms in total. The maximum Gasteiger partial charge on any atom is 0.119 e. The van der Waals surface area contributed by atoms with Gasteiger partial charge in [-0.1, -0.05) is 0 Å². The topological polar surface area (TPSA) is 48.1 Å². The Balaban J connectivity index is 1.86. The molecule has 0 atom stereocenters. The Labute approximate surface area is 100 Å². The number of hydrogen-bond donors (Lipinski definition) is 1. The van der Waals surface area contributed by atoms with Gasteiger partial charge in [0.25, 0.3) is 0 Å². The van der Waals surface area contributed by atoms with Gasteiger partial charge in [-0.2, -0.15) is 0 Å². The highest BCUT2D eigenvalue weighted by Crippen LogP contribution is 2.29. The van der Waals surface area contributed by atoms with Crippen molar-refractivity contribution >= 4 is 5.69 Å². The van der Waals surface area contributed by atoms with Crippen molar-refractivity contribution in [2.24, 2.45) is 0 Å². The van der Waals surface area contributed by atoms with Crippen molar-refractivity contribution < 1.29 is 4.74 Å². The molecule has 0 unspecified atom stereocenters.